The Bertz CT molecular complexity index is 896. The molecule has 1 aliphatic rings. The summed E-state index contributed by atoms with van der Waals surface area (Å²) in [6.07, 6.45) is 5.45. The lowest BCUT2D eigenvalue weighted by atomic mass is 10.2. The lowest BCUT2D eigenvalue weighted by Gasteiger charge is -2.10. The molecule has 0 spiro atoms. The number of carbonyl (C=O) groups excluding carboxylic acids is 1. The third-order valence-corrected chi connectivity index (χ3v) is 4.42. The van der Waals surface area contributed by atoms with Crippen molar-refractivity contribution in [3.63, 3.8) is 0 Å². The summed E-state index contributed by atoms with van der Waals surface area (Å²) >= 11 is 0. The maximum atomic E-state index is 12.2. The van der Waals surface area contributed by atoms with Crippen LogP contribution >= 0.6 is 0 Å². The van der Waals surface area contributed by atoms with Crippen LogP contribution in [-0.2, 0) is 6.61 Å². The van der Waals surface area contributed by atoms with Gasteiger partial charge in [0.25, 0.3) is 5.91 Å². The Morgan fingerprint density at radius 3 is 3.04 bits per heavy atom. The highest BCUT2D eigenvalue weighted by Gasteiger charge is 2.29. The highest BCUT2D eigenvalue weighted by molar-refractivity contribution is 5.92. The van der Waals surface area contributed by atoms with Crippen LogP contribution < -0.4 is 10.1 Å². The van der Waals surface area contributed by atoms with Crippen LogP contribution in [0.5, 0.6) is 5.75 Å². The van der Waals surface area contributed by atoms with Crippen molar-refractivity contribution < 1.29 is 13.9 Å². The summed E-state index contributed by atoms with van der Waals surface area (Å²) in [6, 6.07) is 9.77. The molecule has 1 saturated carbocycles. The largest absolute Gasteiger partial charge is 0.482 e. The predicted molar refractivity (Wildman–Crippen MR) is 92.2 cm³/mol. The van der Waals surface area contributed by atoms with Crippen molar-refractivity contribution >= 4 is 16.8 Å². The lowest BCUT2D eigenvalue weighted by Crippen LogP contribution is -2.34. The summed E-state index contributed by atoms with van der Waals surface area (Å²) in [7, 11) is 0. The van der Waals surface area contributed by atoms with Crippen molar-refractivity contribution in [1.82, 2.24) is 15.3 Å². The third-order valence-electron chi connectivity index (χ3n) is 4.42. The average molecular weight is 337 g/mol. The van der Waals surface area contributed by atoms with E-state index in [0.717, 1.165) is 10.9 Å². The highest BCUT2D eigenvalue weighted by Crippen LogP contribution is 2.32. The van der Waals surface area contributed by atoms with Crippen LogP contribution in [0.25, 0.3) is 10.9 Å². The summed E-state index contributed by atoms with van der Waals surface area (Å²) in [5, 5.41) is 3.96. The van der Waals surface area contributed by atoms with Crippen LogP contribution in [0, 0.1) is 5.92 Å². The number of hydrogen-bond acceptors (Lipinski definition) is 5. The molecule has 0 bridgehead atoms. The predicted octanol–water partition coefficient (Wildman–Crippen LogP) is 3.33. The van der Waals surface area contributed by atoms with E-state index in [1.54, 1.807) is 6.20 Å². The van der Waals surface area contributed by atoms with E-state index in [1.165, 1.54) is 19.1 Å². The van der Waals surface area contributed by atoms with Crippen LogP contribution in [-0.4, -0.2) is 21.9 Å². The molecule has 2 heterocycles. The van der Waals surface area contributed by atoms with Crippen LogP contribution in [0.2, 0.25) is 0 Å². The summed E-state index contributed by atoms with van der Waals surface area (Å²) in [5.41, 5.74) is 1.06. The molecule has 0 aliphatic heterocycles. The SMILES string of the molecule is C[C@H](NC(=O)c1coc(COc2cccc3cccnc23)n1)C1CC1. The van der Waals surface area contributed by atoms with Gasteiger partial charge in [-0.3, -0.25) is 9.78 Å². The summed E-state index contributed by atoms with van der Waals surface area (Å²) in [6.45, 7) is 2.16. The minimum absolute atomic E-state index is 0.140. The van der Waals surface area contributed by atoms with Crippen molar-refractivity contribution in [2.24, 2.45) is 5.92 Å². The van der Waals surface area contributed by atoms with E-state index in [1.807, 2.05) is 37.3 Å². The van der Waals surface area contributed by atoms with Gasteiger partial charge in [-0.05, 0) is 37.8 Å². The Morgan fingerprint density at radius 1 is 1.36 bits per heavy atom. The Labute approximate surface area is 145 Å². The van der Waals surface area contributed by atoms with E-state index >= 15 is 0 Å². The van der Waals surface area contributed by atoms with Crippen LogP contribution in [0.3, 0.4) is 0 Å². The number of para-hydroxylation sites is 1. The number of pyridine rings is 1. The van der Waals surface area contributed by atoms with Crippen LogP contribution in [0.4, 0.5) is 0 Å². The van der Waals surface area contributed by atoms with Gasteiger partial charge >= 0.3 is 0 Å². The number of carbonyl (C=O) groups is 1. The Morgan fingerprint density at radius 2 is 2.20 bits per heavy atom. The number of benzene rings is 1. The van der Waals surface area contributed by atoms with Crippen molar-refractivity contribution in [3.8, 4) is 5.75 Å². The van der Waals surface area contributed by atoms with Gasteiger partial charge in [-0.1, -0.05) is 18.2 Å². The first kappa shape index (κ1) is 15.6. The second-order valence-corrected chi connectivity index (χ2v) is 6.35. The monoisotopic (exact) mass is 337 g/mol. The van der Waals surface area contributed by atoms with E-state index in [9.17, 15) is 4.79 Å². The molecule has 1 atom stereocenters. The van der Waals surface area contributed by atoms with Crippen molar-refractivity contribution in [3.05, 3.63) is 54.4 Å². The Kier molecular flexibility index (Phi) is 4.09. The fourth-order valence-electron chi connectivity index (χ4n) is 2.81. The number of nitrogens with one attached hydrogen (secondary N) is 1. The average Bonchev–Trinajstić information content (AvgIpc) is 3.38. The van der Waals surface area contributed by atoms with Gasteiger partial charge in [-0.2, -0.15) is 0 Å². The number of rotatable bonds is 6. The van der Waals surface area contributed by atoms with Gasteiger partial charge in [-0.15, -0.1) is 0 Å². The number of oxazole rings is 1. The van der Waals surface area contributed by atoms with E-state index in [0.29, 0.717) is 17.6 Å². The molecule has 1 amide bonds. The zero-order chi connectivity index (χ0) is 17.2. The summed E-state index contributed by atoms with van der Waals surface area (Å²) in [5.74, 6) is 1.40. The molecule has 3 aromatic rings. The van der Waals surface area contributed by atoms with Gasteiger partial charge in [0.2, 0.25) is 5.89 Å². The molecule has 2 aromatic heterocycles. The molecule has 4 rings (SSSR count). The van der Waals surface area contributed by atoms with Crippen LogP contribution in [0.15, 0.2) is 47.2 Å². The zero-order valence-electron chi connectivity index (χ0n) is 13.9. The number of hydrogen-bond donors (Lipinski definition) is 1. The minimum Gasteiger partial charge on any atom is -0.482 e. The minimum atomic E-state index is -0.207. The molecule has 0 unspecified atom stereocenters. The zero-order valence-corrected chi connectivity index (χ0v) is 13.9. The van der Waals surface area contributed by atoms with Gasteiger partial charge < -0.3 is 14.5 Å². The molecular weight excluding hydrogens is 318 g/mol. The van der Waals surface area contributed by atoms with Crippen LogP contribution in [0.1, 0.15) is 36.1 Å². The van der Waals surface area contributed by atoms with Gasteiger partial charge in [-0.25, -0.2) is 4.98 Å². The Hall–Kier alpha value is -2.89. The topological polar surface area (TPSA) is 77.2 Å². The standard InChI is InChI=1S/C19H19N3O3/c1-12(13-7-8-13)21-19(23)15-10-25-17(22-15)11-24-16-6-2-4-14-5-3-9-20-18(14)16/h2-6,9-10,12-13H,7-8,11H2,1H3,(H,21,23)/t12-/m0/s1. The molecule has 6 heteroatoms. The molecule has 25 heavy (non-hydrogen) atoms. The molecule has 0 saturated heterocycles. The number of aromatic nitrogens is 2. The van der Waals surface area contributed by atoms with Gasteiger partial charge in [0.1, 0.15) is 17.5 Å². The number of nitrogens with zero attached hydrogens (tertiary/aromatic N) is 2. The molecule has 1 aliphatic carbocycles. The summed E-state index contributed by atoms with van der Waals surface area (Å²) < 4.78 is 11.1. The first-order chi connectivity index (χ1) is 12.2. The van der Waals surface area contributed by atoms with Crippen molar-refractivity contribution in [2.45, 2.75) is 32.4 Å². The fourth-order valence-corrected chi connectivity index (χ4v) is 2.81. The Balaban J connectivity index is 1.41. The number of amides is 1. The second kappa shape index (κ2) is 6.55. The van der Waals surface area contributed by atoms with Crippen molar-refractivity contribution in [2.75, 3.05) is 0 Å². The molecule has 0 radical (unpaired) electrons. The maximum Gasteiger partial charge on any atom is 0.273 e. The molecular formula is C19H19N3O3. The third kappa shape index (κ3) is 3.47. The second-order valence-electron chi connectivity index (χ2n) is 6.35. The van der Waals surface area contributed by atoms with Gasteiger partial charge in [0, 0.05) is 17.6 Å². The van der Waals surface area contributed by atoms with E-state index < -0.39 is 0 Å². The first-order valence-electron chi connectivity index (χ1n) is 8.42. The van der Waals surface area contributed by atoms with Gasteiger partial charge in [0.05, 0.1) is 0 Å². The first-order valence-corrected chi connectivity index (χ1v) is 8.42. The van der Waals surface area contributed by atoms with Gasteiger partial charge in [0.15, 0.2) is 12.3 Å². The fraction of sp³-hybridized carbons (Fsp3) is 0.316. The highest BCUT2D eigenvalue weighted by atomic mass is 16.5. The van der Waals surface area contributed by atoms with E-state index in [-0.39, 0.29) is 24.2 Å². The normalized spacial score (nSPS) is 15.1. The van der Waals surface area contributed by atoms with E-state index in [4.69, 9.17) is 9.15 Å². The lowest BCUT2D eigenvalue weighted by molar-refractivity contribution is 0.0930. The molecule has 6 nitrogen and oxygen atoms in total. The maximum absolute atomic E-state index is 12.2. The number of fused-ring (bicyclic) bond motifs is 1. The molecule has 1 N–H and O–H groups in total. The quantitative estimate of drug-likeness (QED) is 0.746. The summed E-state index contributed by atoms with van der Waals surface area (Å²) in [4.78, 5) is 20.7. The number of ether oxygens (including phenoxy) is 1. The molecule has 1 aromatic carbocycles. The molecule has 128 valence electrons. The smallest absolute Gasteiger partial charge is 0.273 e. The van der Waals surface area contributed by atoms with Crippen molar-refractivity contribution in [1.29, 1.82) is 0 Å². The molecule has 1 fully saturated rings. The van der Waals surface area contributed by atoms with E-state index in [2.05, 4.69) is 15.3 Å².